The van der Waals surface area contributed by atoms with Crippen LogP contribution in [-0.2, 0) is 9.53 Å². The number of carbonyl (C=O) groups is 1. The Morgan fingerprint density at radius 2 is 1.62 bits per heavy atom. The summed E-state index contributed by atoms with van der Waals surface area (Å²) in [6.45, 7) is 2.16. The Morgan fingerprint density at radius 1 is 1.00 bits per heavy atom. The first kappa shape index (κ1) is 17.8. The molecule has 0 aliphatic rings. The van der Waals surface area contributed by atoms with Gasteiger partial charge in [0.25, 0.3) is 0 Å². The predicted octanol–water partition coefficient (Wildman–Crippen LogP) is 5.49. The maximum absolute atomic E-state index is 11.6. The van der Waals surface area contributed by atoms with E-state index in [0.717, 1.165) is 27.4 Å². The lowest BCUT2D eigenvalue weighted by atomic mass is 10.0. The van der Waals surface area contributed by atoms with Gasteiger partial charge in [-0.05, 0) is 24.4 Å². The molecule has 0 bridgehead atoms. The number of benzene rings is 2. The van der Waals surface area contributed by atoms with Crippen LogP contribution in [0.3, 0.4) is 0 Å². The summed E-state index contributed by atoms with van der Waals surface area (Å²) >= 11 is 1.54. The summed E-state index contributed by atoms with van der Waals surface area (Å²) in [5.74, 6) is -0.345. The Morgan fingerprint density at radius 3 is 2.19 bits per heavy atom. The van der Waals surface area contributed by atoms with E-state index in [1.165, 1.54) is 6.08 Å². The molecule has 0 aliphatic heterocycles. The fourth-order valence-electron chi connectivity index (χ4n) is 2.47. The van der Waals surface area contributed by atoms with E-state index in [-0.39, 0.29) is 5.97 Å². The van der Waals surface area contributed by atoms with Crippen molar-refractivity contribution in [3.63, 3.8) is 0 Å². The summed E-state index contributed by atoms with van der Waals surface area (Å²) in [6.07, 6.45) is 3.20. The first-order valence-electron chi connectivity index (χ1n) is 8.40. The van der Waals surface area contributed by atoms with Gasteiger partial charge in [0.2, 0.25) is 0 Å². The molecule has 0 aliphatic carbocycles. The van der Waals surface area contributed by atoms with Crippen molar-refractivity contribution in [3.05, 3.63) is 94.2 Å². The average Bonchev–Trinajstić information content (AvgIpc) is 3.13. The van der Waals surface area contributed by atoms with Crippen molar-refractivity contribution in [1.82, 2.24) is 0 Å². The molecule has 0 atom stereocenters. The fourth-order valence-corrected chi connectivity index (χ4v) is 3.20. The molecule has 4 heteroatoms. The second kappa shape index (κ2) is 8.92. The fraction of sp³-hybridized carbons (Fsp3) is 0.0909. The molecule has 0 saturated heterocycles. The summed E-state index contributed by atoms with van der Waals surface area (Å²) in [5, 5.41) is 1.97. The average molecular weight is 361 g/mol. The van der Waals surface area contributed by atoms with Crippen molar-refractivity contribution in [2.45, 2.75) is 6.92 Å². The molecule has 0 amide bonds. The third kappa shape index (κ3) is 4.55. The van der Waals surface area contributed by atoms with Gasteiger partial charge < -0.3 is 4.74 Å². The van der Waals surface area contributed by atoms with E-state index in [4.69, 9.17) is 9.73 Å². The van der Waals surface area contributed by atoms with Crippen LogP contribution in [0.4, 0.5) is 5.69 Å². The highest BCUT2D eigenvalue weighted by Gasteiger charge is 2.09. The summed E-state index contributed by atoms with van der Waals surface area (Å²) in [7, 11) is 0. The second-order valence-electron chi connectivity index (χ2n) is 5.45. The number of ether oxygens (including phenoxy) is 1. The number of esters is 1. The molecule has 1 heterocycles. The molecule has 3 aromatic rings. The topological polar surface area (TPSA) is 38.7 Å². The van der Waals surface area contributed by atoms with Gasteiger partial charge in [0, 0.05) is 17.2 Å². The van der Waals surface area contributed by atoms with Crippen LogP contribution in [0, 0.1) is 0 Å². The maximum atomic E-state index is 11.6. The van der Waals surface area contributed by atoms with Gasteiger partial charge in [0.1, 0.15) is 0 Å². The number of hydrogen-bond donors (Lipinski definition) is 0. The van der Waals surface area contributed by atoms with E-state index >= 15 is 0 Å². The number of aliphatic imine (C=N–C) groups is 1. The van der Waals surface area contributed by atoms with Crippen molar-refractivity contribution >= 4 is 34.8 Å². The Labute approximate surface area is 157 Å². The maximum Gasteiger partial charge on any atom is 0.330 e. The summed E-state index contributed by atoms with van der Waals surface area (Å²) in [4.78, 5) is 17.4. The van der Waals surface area contributed by atoms with Crippen LogP contribution in [0.2, 0.25) is 0 Å². The van der Waals surface area contributed by atoms with Crippen LogP contribution < -0.4 is 0 Å². The minimum absolute atomic E-state index is 0.345. The lowest BCUT2D eigenvalue weighted by Gasteiger charge is -2.07. The summed E-state index contributed by atoms with van der Waals surface area (Å²) in [6, 6.07) is 22.1. The lowest BCUT2D eigenvalue weighted by molar-refractivity contribution is -0.137. The SMILES string of the molecule is CCOC(=O)/C=C/c1sccc1N=C(c1ccccc1)c1ccccc1. The van der Waals surface area contributed by atoms with E-state index < -0.39 is 0 Å². The quantitative estimate of drug-likeness (QED) is 0.331. The molecule has 2 aromatic carbocycles. The molecule has 0 radical (unpaired) electrons. The van der Waals surface area contributed by atoms with E-state index in [1.807, 2.05) is 72.1 Å². The molecule has 0 saturated carbocycles. The monoisotopic (exact) mass is 361 g/mol. The Balaban J connectivity index is 2.00. The van der Waals surface area contributed by atoms with Crippen molar-refractivity contribution in [3.8, 4) is 0 Å². The van der Waals surface area contributed by atoms with Crippen molar-refractivity contribution in [2.75, 3.05) is 6.61 Å². The van der Waals surface area contributed by atoms with Crippen LogP contribution in [0.5, 0.6) is 0 Å². The molecule has 0 unspecified atom stereocenters. The molecule has 3 rings (SSSR count). The van der Waals surface area contributed by atoms with Crippen LogP contribution >= 0.6 is 11.3 Å². The lowest BCUT2D eigenvalue weighted by Crippen LogP contribution is -2.02. The molecule has 0 spiro atoms. The third-order valence-electron chi connectivity index (χ3n) is 3.66. The largest absolute Gasteiger partial charge is 0.463 e. The predicted molar refractivity (Wildman–Crippen MR) is 108 cm³/mol. The van der Waals surface area contributed by atoms with Crippen molar-refractivity contribution in [1.29, 1.82) is 0 Å². The van der Waals surface area contributed by atoms with Gasteiger partial charge in [-0.25, -0.2) is 9.79 Å². The standard InChI is InChI=1S/C22H19NO2S/c1-2-25-21(24)14-13-20-19(15-16-26-20)23-22(17-9-5-3-6-10-17)18-11-7-4-8-12-18/h3-16H,2H2,1H3/b14-13+. The van der Waals surface area contributed by atoms with E-state index in [1.54, 1.807) is 24.3 Å². The molecule has 3 nitrogen and oxygen atoms in total. The highest BCUT2D eigenvalue weighted by Crippen LogP contribution is 2.28. The molecule has 1 aromatic heterocycles. The Bertz CT molecular complexity index is 870. The van der Waals surface area contributed by atoms with Gasteiger partial charge >= 0.3 is 5.97 Å². The number of hydrogen-bond acceptors (Lipinski definition) is 4. The minimum Gasteiger partial charge on any atom is -0.463 e. The second-order valence-corrected chi connectivity index (χ2v) is 6.40. The summed E-state index contributed by atoms with van der Waals surface area (Å²) in [5.41, 5.74) is 3.82. The molecule has 0 N–H and O–H groups in total. The van der Waals surface area contributed by atoms with Gasteiger partial charge in [0.05, 0.1) is 22.9 Å². The zero-order valence-corrected chi connectivity index (χ0v) is 15.3. The third-order valence-corrected chi connectivity index (χ3v) is 4.53. The number of thiophene rings is 1. The van der Waals surface area contributed by atoms with Gasteiger partial charge in [0.15, 0.2) is 0 Å². The van der Waals surface area contributed by atoms with Gasteiger partial charge in [-0.2, -0.15) is 0 Å². The van der Waals surface area contributed by atoms with Crippen LogP contribution in [-0.4, -0.2) is 18.3 Å². The highest BCUT2D eigenvalue weighted by molar-refractivity contribution is 7.11. The van der Waals surface area contributed by atoms with Gasteiger partial charge in [-0.15, -0.1) is 11.3 Å². The van der Waals surface area contributed by atoms with Crippen molar-refractivity contribution in [2.24, 2.45) is 4.99 Å². The molecule has 26 heavy (non-hydrogen) atoms. The normalized spacial score (nSPS) is 10.7. The van der Waals surface area contributed by atoms with Crippen LogP contribution in [0.25, 0.3) is 6.08 Å². The smallest absolute Gasteiger partial charge is 0.330 e. The first-order chi connectivity index (χ1) is 12.8. The molecular weight excluding hydrogens is 342 g/mol. The zero-order valence-electron chi connectivity index (χ0n) is 14.5. The minimum atomic E-state index is -0.345. The number of carbonyl (C=O) groups excluding carboxylic acids is 1. The van der Waals surface area contributed by atoms with Gasteiger partial charge in [-0.3, -0.25) is 0 Å². The van der Waals surface area contributed by atoms with E-state index in [9.17, 15) is 4.79 Å². The first-order valence-corrected chi connectivity index (χ1v) is 9.27. The number of nitrogens with zero attached hydrogens (tertiary/aromatic N) is 1. The van der Waals surface area contributed by atoms with E-state index in [2.05, 4.69) is 0 Å². The summed E-state index contributed by atoms with van der Waals surface area (Å²) < 4.78 is 4.94. The Kier molecular flexibility index (Phi) is 6.12. The number of rotatable bonds is 6. The highest BCUT2D eigenvalue weighted by atomic mass is 32.1. The molecule has 0 fully saturated rings. The van der Waals surface area contributed by atoms with Gasteiger partial charge in [-0.1, -0.05) is 60.7 Å². The molecular formula is C22H19NO2S. The Hall–Kier alpha value is -2.98. The van der Waals surface area contributed by atoms with E-state index in [0.29, 0.717) is 6.61 Å². The van der Waals surface area contributed by atoms with Crippen molar-refractivity contribution < 1.29 is 9.53 Å². The zero-order chi connectivity index (χ0) is 18.2. The van der Waals surface area contributed by atoms with Crippen LogP contribution in [0.1, 0.15) is 22.9 Å². The van der Waals surface area contributed by atoms with Crippen LogP contribution in [0.15, 0.2) is 83.2 Å². The molecule has 130 valence electrons.